The molecule has 0 bridgehead atoms. The summed E-state index contributed by atoms with van der Waals surface area (Å²) in [6.07, 6.45) is 3.24. The molecule has 11 nitrogen and oxygen atoms in total. The van der Waals surface area contributed by atoms with Gasteiger partial charge in [0.25, 0.3) is 0 Å². The summed E-state index contributed by atoms with van der Waals surface area (Å²) in [6.45, 7) is 5.51. The number of amides is 1. The van der Waals surface area contributed by atoms with Crippen molar-refractivity contribution in [1.82, 2.24) is 29.4 Å². The molecular weight excluding hydrogens is 354 g/mol. The van der Waals surface area contributed by atoms with Crippen molar-refractivity contribution in [3.05, 3.63) is 33.8 Å². The first kappa shape index (κ1) is 18.8. The summed E-state index contributed by atoms with van der Waals surface area (Å²) in [5, 5.41) is 19.3. The van der Waals surface area contributed by atoms with Crippen molar-refractivity contribution in [2.75, 3.05) is 33.3 Å². The zero-order valence-electron chi connectivity index (χ0n) is 15.7. The number of aryl methyl sites for hydroxylation is 2. The highest BCUT2D eigenvalue weighted by Crippen LogP contribution is 2.24. The fourth-order valence-electron chi connectivity index (χ4n) is 3.18. The van der Waals surface area contributed by atoms with Crippen LogP contribution in [0.25, 0.3) is 0 Å². The number of carbonyl (C=O) groups excluding carboxylic acids is 1. The van der Waals surface area contributed by atoms with Gasteiger partial charge in [0, 0.05) is 51.5 Å². The lowest BCUT2D eigenvalue weighted by molar-refractivity contribution is -0.385. The minimum Gasteiger partial charge on any atom is -0.475 e. The van der Waals surface area contributed by atoms with Crippen LogP contribution in [0, 0.1) is 17.0 Å². The van der Waals surface area contributed by atoms with Crippen LogP contribution in [0.1, 0.15) is 11.3 Å². The first-order valence-corrected chi connectivity index (χ1v) is 8.62. The third-order valence-corrected chi connectivity index (χ3v) is 4.63. The van der Waals surface area contributed by atoms with E-state index in [4.69, 9.17) is 4.74 Å². The van der Waals surface area contributed by atoms with Gasteiger partial charge in [-0.05, 0) is 6.92 Å². The van der Waals surface area contributed by atoms with E-state index in [1.807, 2.05) is 24.9 Å². The predicted octanol–water partition coefficient (Wildman–Crippen LogP) is 0.186. The summed E-state index contributed by atoms with van der Waals surface area (Å²) in [7, 11) is 3.21. The van der Waals surface area contributed by atoms with Gasteiger partial charge < -0.3 is 9.64 Å². The number of rotatable bonds is 6. The first-order valence-electron chi connectivity index (χ1n) is 8.62. The monoisotopic (exact) mass is 377 g/mol. The fourth-order valence-corrected chi connectivity index (χ4v) is 3.18. The number of hydrogen-bond acceptors (Lipinski definition) is 7. The number of ether oxygens (including phenoxy) is 1. The third kappa shape index (κ3) is 4.25. The molecule has 2 aromatic heterocycles. The molecule has 0 aromatic carbocycles. The smallest absolute Gasteiger partial charge is 0.350 e. The van der Waals surface area contributed by atoms with Crippen molar-refractivity contribution in [3.63, 3.8) is 0 Å². The Morgan fingerprint density at radius 2 is 1.96 bits per heavy atom. The lowest BCUT2D eigenvalue weighted by Gasteiger charge is -2.34. The highest BCUT2D eigenvalue weighted by atomic mass is 16.6. The molecule has 146 valence electrons. The van der Waals surface area contributed by atoms with Crippen LogP contribution in [-0.4, -0.2) is 73.5 Å². The van der Waals surface area contributed by atoms with E-state index in [2.05, 4.69) is 15.1 Å². The average molecular weight is 377 g/mol. The summed E-state index contributed by atoms with van der Waals surface area (Å²) in [6, 6.07) is 0. The number of nitro groups is 1. The van der Waals surface area contributed by atoms with Crippen molar-refractivity contribution < 1.29 is 14.5 Å². The van der Waals surface area contributed by atoms with Crippen LogP contribution in [0.2, 0.25) is 0 Å². The molecule has 1 saturated heterocycles. The fraction of sp³-hybridized carbons (Fsp3) is 0.562. The molecule has 27 heavy (non-hydrogen) atoms. The average Bonchev–Trinajstić information content (AvgIpc) is 3.18. The van der Waals surface area contributed by atoms with Gasteiger partial charge in [-0.15, -0.1) is 5.10 Å². The highest BCUT2D eigenvalue weighted by Gasteiger charge is 2.25. The number of hydrogen-bond donors (Lipinski definition) is 0. The summed E-state index contributed by atoms with van der Waals surface area (Å²) in [4.78, 5) is 26.9. The topological polar surface area (TPSA) is 112 Å². The van der Waals surface area contributed by atoms with Gasteiger partial charge in [0.15, 0.2) is 0 Å². The molecule has 0 saturated carbocycles. The maximum Gasteiger partial charge on any atom is 0.350 e. The van der Waals surface area contributed by atoms with Crippen molar-refractivity contribution in [2.45, 2.75) is 20.0 Å². The zero-order valence-corrected chi connectivity index (χ0v) is 15.7. The predicted molar refractivity (Wildman–Crippen MR) is 95.2 cm³/mol. The number of methoxy groups -OCH3 is 1. The zero-order chi connectivity index (χ0) is 19.6. The standard InChI is InChI=1S/C16H23N7O4/c1-12-13(8-19(2)17-12)9-20-4-6-21(7-5-20)15(24)11-22-10-14(23(25)26)16(18-22)27-3/h8,10H,4-7,9,11H2,1-3H3. The van der Waals surface area contributed by atoms with Crippen LogP contribution < -0.4 is 4.74 Å². The van der Waals surface area contributed by atoms with Gasteiger partial charge in [0.2, 0.25) is 5.91 Å². The lowest BCUT2D eigenvalue weighted by Crippen LogP contribution is -2.49. The Hall–Kier alpha value is -2.95. The van der Waals surface area contributed by atoms with E-state index in [1.165, 1.54) is 23.6 Å². The van der Waals surface area contributed by atoms with E-state index in [0.717, 1.165) is 25.3 Å². The Bertz CT molecular complexity index is 836. The third-order valence-electron chi connectivity index (χ3n) is 4.63. The first-order chi connectivity index (χ1) is 12.9. The van der Waals surface area contributed by atoms with Crippen LogP contribution in [0.3, 0.4) is 0 Å². The maximum atomic E-state index is 12.5. The molecule has 11 heteroatoms. The Morgan fingerprint density at radius 1 is 1.26 bits per heavy atom. The Labute approximate surface area is 156 Å². The molecule has 1 aliphatic rings. The van der Waals surface area contributed by atoms with Crippen LogP contribution in [0.4, 0.5) is 5.69 Å². The summed E-state index contributed by atoms with van der Waals surface area (Å²) in [5.74, 6) is -0.211. The lowest BCUT2D eigenvalue weighted by atomic mass is 10.2. The van der Waals surface area contributed by atoms with Gasteiger partial charge in [0.1, 0.15) is 12.7 Å². The van der Waals surface area contributed by atoms with Gasteiger partial charge in [-0.2, -0.15) is 5.10 Å². The molecule has 1 amide bonds. The van der Waals surface area contributed by atoms with E-state index >= 15 is 0 Å². The molecule has 2 aromatic rings. The molecule has 1 fully saturated rings. The molecule has 0 spiro atoms. The van der Waals surface area contributed by atoms with Crippen molar-refractivity contribution >= 4 is 11.6 Å². The van der Waals surface area contributed by atoms with E-state index in [1.54, 1.807) is 4.90 Å². The normalized spacial score (nSPS) is 15.1. The summed E-state index contributed by atoms with van der Waals surface area (Å²) >= 11 is 0. The molecule has 0 unspecified atom stereocenters. The Balaban J connectivity index is 1.54. The second-order valence-electron chi connectivity index (χ2n) is 6.55. The second-order valence-corrected chi connectivity index (χ2v) is 6.55. The van der Waals surface area contributed by atoms with Crippen molar-refractivity contribution in [2.24, 2.45) is 7.05 Å². The van der Waals surface area contributed by atoms with E-state index in [0.29, 0.717) is 13.1 Å². The number of piperazine rings is 1. The molecule has 1 aliphatic heterocycles. The number of aromatic nitrogens is 4. The molecule has 3 heterocycles. The van der Waals surface area contributed by atoms with E-state index in [9.17, 15) is 14.9 Å². The highest BCUT2D eigenvalue weighted by molar-refractivity contribution is 5.76. The van der Waals surface area contributed by atoms with Gasteiger partial charge >= 0.3 is 11.6 Å². The van der Waals surface area contributed by atoms with E-state index < -0.39 is 4.92 Å². The quantitative estimate of drug-likeness (QED) is 0.522. The summed E-state index contributed by atoms with van der Waals surface area (Å²) < 4.78 is 7.95. The van der Waals surface area contributed by atoms with Crippen LogP contribution in [0.15, 0.2) is 12.4 Å². The summed E-state index contributed by atoms with van der Waals surface area (Å²) in [5.41, 5.74) is 1.96. The molecule has 0 atom stereocenters. The van der Waals surface area contributed by atoms with Gasteiger partial charge in [-0.25, -0.2) is 0 Å². The van der Waals surface area contributed by atoms with Gasteiger partial charge in [-0.1, -0.05) is 0 Å². The number of carbonyl (C=O) groups is 1. The second kappa shape index (κ2) is 7.74. The molecule has 0 aliphatic carbocycles. The maximum absolute atomic E-state index is 12.5. The number of nitrogens with zero attached hydrogens (tertiary/aromatic N) is 7. The SMILES string of the molecule is COc1nn(CC(=O)N2CCN(Cc3cn(C)nc3C)CC2)cc1[N+](=O)[O-]. The van der Waals surface area contributed by atoms with Crippen molar-refractivity contribution in [1.29, 1.82) is 0 Å². The largest absolute Gasteiger partial charge is 0.475 e. The van der Waals surface area contributed by atoms with Crippen LogP contribution in [-0.2, 0) is 24.9 Å². The van der Waals surface area contributed by atoms with E-state index in [-0.39, 0.29) is 24.0 Å². The Kier molecular flexibility index (Phi) is 5.40. The Morgan fingerprint density at radius 3 is 2.48 bits per heavy atom. The van der Waals surface area contributed by atoms with Gasteiger partial charge in [-0.3, -0.25) is 29.2 Å². The molecule has 3 rings (SSSR count). The molecular formula is C16H23N7O4. The minimum absolute atomic E-state index is 0.0497. The van der Waals surface area contributed by atoms with Gasteiger partial charge in [0.05, 0.1) is 17.7 Å². The minimum atomic E-state index is -0.577. The van der Waals surface area contributed by atoms with Crippen LogP contribution >= 0.6 is 0 Å². The van der Waals surface area contributed by atoms with Crippen molar-refractivity contribution in [3.8, 4) is 5.88 Å². The molecule has 0 radical (unpaired) electrons. The van der Waals surface area contributed by atoms with Crippen LogP contribution in [0.5, 0.6) is 5.88 Å². The molecule has 0 N–H and O–H groups in total.